The number of nitrogens with one attached hydrogen (secondary N) is 1. The van der Waals surface area contributed by atoms with Gasteiger partial charge >= 0.3 is 0 Å². The smallest absolute Gasteiger partial charge is 0.254 e. The molecule has 32 heavy (non-hydrogen) atoms. The van der Waals surface area contributed by atoms with Crippen LogP contribution in [0.4, 0.5) is 0 Å². The van der Waals surface area contributed by atoms with Gasteiger partial charge in [0.15, 0.2) is 0 Å². The lowest BCUT2D eigenvalue weighted by Crippen LogP contribution is -2.36. The molecule has 1 N–H and O–H groups in total. The van der Waals surface area contributed by atoms with Gasteiger partial charge in [-0.3, -0.25) is 14.5 Å². The van der Waals surface area contributed by atoms with Gasteiger partial charge in [-0.05, 0) is 31.7 Å². The molecule has 1 aliphatic carbocycles. The first kappa shape index (κ1) is 21.2. The average Bonchev–Trinajstić information content (AvgIpc) is 3.51. The Balaban J connectivity index is 1.30. The molecule has 2 aromatic rings. The number of hydrogen-bond acceptors (Lipinski definition) is 5. The van der Waals surface area contributed by atoms with E-state index < -0.39 is 0 Å². The van der Waals surface area contributed by atoms with Crippen molar-refractivity contribution in [2.75, 3.05) is 26.7 Å². The van der Waals surface area contributed by atoms with Crippen molar-refractivity contribution in [1.29, 1.82) is 0 Å². The third-order valence-corrected chi connectivity index (χ3v) is 7.35. The minimum atomic E-state index is -0.0116. The zero-order valence-electron chi connectivity index (χ0n) is 18.8. The summed E-state index contributed by atoms with van der Waals surface area (Å²) in [4.78, 5) is 37.9. The first-order valence-corrected chi connectivity index (χ1v) is 11.9. The molecule has 1 aromatic carbocycles. The zero-order chi connectivity index (χ0) is 22.1. The maximum absolute atomic E-state index is 12.8. The van der Waals surface area contributed by atoms with Crippen LogP contribution in [0.5, 0.6) is 5.75 Å². The number of carbonyl (C=O) groups is 1. The number of fused-ring (bicyclic) bond motifs is 1. The lowest BCUT2D eigenvalue weighted by atomic mass is 10.0. The number of aromatic nitrogens is 2. The quantitative estimate of drug-likeness (QED) is 0.780. The van der Waals surface area contributed by atoms with E-state index in [9.17, 15) is 9.59 Å². The third-order valence-electron chi connectivity index (χ3n) is 7.35. The number of H-pyrrole nitrogens is 1. The number of benzene rings is 1. The normalized spacial score (nSPS) is 21.7. The maximum Gasteiger partial charge on any atom is 0.254 e. The number of carbonyl (C=O) groups excluding carboxylic acids is 1. The number of aromatic amines is 1. The summed E-state index contributed by atoms with van der Waals surface area (Å²) in [6, 6.07) is 8.06. The predicted molar refractivity (Wildman–Crippen MR) is 122 cm³/mol. The Kier molecular flexibility index (Phi) is 6.00. The fraction of sp³-hybridized carbons (Fsp3) is 0.560. The van der Waals surface area contributed by atoms with Crippen LogP contribution >= 0.6 is 0 Å². The Bertz CT molecular complexity index is 1040. The largest absolute Gasteiger partial charge is 0.496 e. The van der Waals surface area contributed by atoms with Gasteiger partial charge in [-0.15, -0.1) is 0 Å². The van der Waals surface area contributed by atoms with Gasteiger partial charge in [-0.2, -0.15) is 0 Å². The fourth-order valence-corrected chi connectivity index (χ4v) is 5.53. The SMILES string of the molecule is COc1ccccc1CN1CCc2c(nc(C3CCN(C(=O)C4CCCC4)C3)[nH]c2=O)C1. The first-order valence-electron chi connectivity index (χ1n) is 11.9. The molecule has 0 spiro atoms. The number of hydrogen-bond donors (Lipinski definition) is 1. The molecule has 1 saturated carbocycles. The van der Waals surface area contributed by atoms with Crippen molar-refractivity contribution in [3.05, 3.63) is 57.3 Å². The summed E-state index contributed by atoms with van der Waals surface area (Å²) < 4.78 is 5.50. The highest BCUT2D eigenvalue weighted by molar-refractivity contribution is 5.79. The Morgan fingerprint density at radius 2 is 2.00 bits per heavy atom. The van der Waals surface area contributed by atoms with Crippen LogP contribution in [0.2, 0.25) is 0 Å². The maximum atomic E-state index is 12.8. The highest BCUT2D eigenvalue weighted by Crippen LogP contribution is 2.31. The van der Waals surface area contributed by atoms with Crippen molar-refractivity contribution < 1.29 is 9.53 Å². The summed E-state index contributed by atoms with van der Waals surface area (Å²) in [5, 5.41) is 0. The topological polar surface area (TPSA) is 78.5 Å². The summed E-state index contributed by atoms with van der Waals surface area (Å²) in [5.74, 6) is 2.24. The second-order valence-electron chi connectivity index (χ2n) is 9.40. The van der Waals surface area contributed by atoms with Crippen LogP contribution in [0.15, 0.2) is 29.1 Å². The van der Waals surface area contributed by atoms with Crippen LogP contribution in [-0.4, -0.2) is 52.4 Å². The molecule has 1 amide bonds. The number of nitrogens with zero attached hydrogens (tertiary/aromatic N) is 3. The van der Waals surface area contributed by atoms with Gasteiger partial charge < -0.3 is 14.6 Å². The highest BCUT2D eigenvalue weighted by Gasteiger charge is 2.34. The molecule has 5 rings (SSSR count). The van der Waals surface area contributed by atoms with E-state index in [1.165, 1.54) is 12.8 Å². The van der Waals surface area contributed by atoms with Crippen LogP contribution in [-0.2, 0) is 24.3 Å². The van der Waals surface area contributed by atoms with Crippen molar-refractivity contribution >= 4 is 5.91 Å². The summed E-state index contributed by atoms with van der Waals surface area (Å²) >= 11 is 0. The first-order chi connectivity index (χ1) is 15.6. The standard InChI is InChI=1S/C25H32N4O3/c1-32-22-9-5-4-8-18(22)14-28-12-11-20-21(16-28)26-23(27-24(20)30)19-10-13-29(15-19)25(31)17-6-2-3-7-17/h4-5,8-9,17,19H,2-3,6-7,10-16H2,1H3,(H,26,27,30). The van der Waals surface area contributed by atoms with Crippen LogP contribution in [0.1, 0.15) is 60.7 Å². The molecule has 2 fully saturated rings. The van der Waals surface area contributed by atoms with Crippen LogP contribution < -0.4 is 10.3 Å². The number of para-hydroxylation sites is 1. The van der Waals surface area contributed by atoms with Crippen molar-refractivity contribution in [2.24, 2.45) is 5.92 Å². The number of methoxy groups -OCH3 is 1. The molecule has 1 saturated heterocycles. The van der Waals surface area contributed by atoms with E-state index >= 15 is 0 Å². The van der Waals surface area contributed by atoms with Gasteiger partial charge in [0, 0.05) is 55.7 Å². The molecule has 7 heteroatoms. The minimum Gasteiger partial charge on any atom is -0.496 e. The van der Waals surface area contributed by atoms with E-state index in [0.717, 1.165) is 67.3 Å². The van der Waals surface area contributed by atoms with E-state index in [2.05, 4.69) is 16.0 Å². The Labute approximate surface area is 188 Å². The lowest BCUT2D eigenvalue weighted by Gasteiger charge is -2.28. The van der Waals surface area contributed by atoms with Gasteiger partial charge in [-0.25, -0.2) is 4.98 Å². The number of ether oxygens (including phenoxy) is 1. The van der Waals surface area contributed by atoms with E-state index in [-0.39, 0.29) is 17.4 Å². The molecule has 3 heterocycles. The molecule has 0 bridgehead atoms. The Hall–Kier alpha value is -2.67. The summed E-state index contributed by atoms with van der Waals surface area (Å²) in [6.07, 6.45) is 5.94. The number of likely N-dealkylation sites (tertiary alicyclic amines) is 1. The monoisotopic (exact) mass is 436 g/mol. The minimum absolute atomic E-state index is 0.0116. The van der Waals surface area contributed by atoms with Crippen LogP contribution in [0.25, 0.3) is 0 Å². The second-order valence-corrected chi connectivity index (χ2v) is 9.40. The molecule has 2 aliphatic heterocycles. The summed E-state index contributed by atoms with van der Waals surface area (Å²) in [6.45, 7) is 3.67. The molecular formula is C25H32N4O3. The molecule has 170 valence electrons. The van der Waals surface area contributed by atoms with Gasteiger partial charge in [0.25, 0.3) is 5.56 Å². The van der Waals surface area contributed by atoms with Crippen molar-refractivity contribution in [1.82, 2.24) is 19.8 Å². The molecule has 1 atom stereocenters. The predicted octanol–water partition coefficient (Wildman–Crippen LogP) is 2.84. The zero-order valence-corrected chi connectivity index (χ0v) is 18.8. The summed E-state index contributed by atoms with van der Waals surface area (Å²) in [7, 11) is 1.69. The van der Waals surface area contributed by atoms with Crippen molar-refractivity contribution in [2.45, 2.75) is 57.5 Å². The summed E-state index contributed by atoms with van der Waals surface area (Å²) in [5.41, 5.74) is 2.82. The number of amides is 1. The van der Waals surface area contributed by atoms with Crippen LogP contribution in [0, 0.1) is 5.92 Å². The molecule has 1 unspecified atom stereocenters. The molecule has 0 radical (unpaired) electrons. The molecule has 7 nitrogen and oxygen atoms in total. The molecule has 1 aromatic heterocycles. The van der Waals surface area contributed by atoms with Gasteiger partial charge in [0.05, 0.1) is 12.8 Å². The fourth-order valence-electron chi connectivity index (χ4n) is 5.53. The Morgan fingerprint density at radius 3 is 2.81 bits per heavy atom. The molecular weight excluding hydrogens is 404 g/mol. The van der Waals surface area contributed by atoms with Gasteiger partial charge in [0.1, 0.15) is 11.6 Å². The van der Waals surface area contributed by atoms with E-state index in [1.807, 2.05) is 23.1 Å². The highest BCUT2D eigenvalue weighted by atomic mass is 16.5. The van der Waals surface area contributed by atoms with Crippen molar-refractivity contribution in [3.8, 4) is 5.75 Å². The van der Waals surface area contributed by atoms with Gasteiger partial charge in [0.2, 0.25) is 5.91 Å². The second kappa shape index (κ2) is 9.06. The average molecular weight is 437 g/mol. The van der Waals surface area contributed by atoms with E-state index in [1.54, 1.807) is 7.11 Å². The van der Waals surface area contributed by atoms with Crippen LogP contribution in [0.3, 0.4) is 0 Å². The van der Waals surface area contributed by atoms with E-state index in [0.29, 0.717) is 25.4 Å². The lowest BCUT2D eigenvalue weighted by molar-refractivity contribution is -0.134. The third kappa shape index (κ3) is 4.18. The van der Waals surface area contributed by atoms with Crippen molar-refractivity contribution in [3.63, 3.8) is 0 Å². The number of rotatable bonds is 5. The molecule has 3 aliphatic rings. The van der Waals surface area contributed by atoms with E-state index in [4.69, 9.17) is 9.72 Å². The Morgan fingerprint density at radius 1 is 1.19 bits per heavy atom. The van der Waals surface area contributed by atoms with Gasteiger partial charge in [-0.1, -0.05) is 31.0 Å².